The Labute approximate surface area is 155 Å². The molecule has 136 valence electrons. The van der Waals surface area contributed by atoms with Crippen molar-refractivity contribution in [2.75, 3.05) is 5.32 Å². The highest BCUT2D eigenvalue weighted by atomic mass is 35.5. The summed E-state index contributed by atoms with van der Waals surface area (Å²) in [6.45, 7) is 4.11. The smallest absolute Gasteiger partial charge is 0.326 e. The van der Waals surface area contributed by atoms with E-state index in [-0.39, 0.29) is 0 Å². The largest absolute Gasteiger partial charge is 0.332 e. The van der Waals surface area contributed by atoms with Crippen LogP contribution in [0.15, 0.2) is 45.0 Å². The molecule has 7 nitrogen and oxygen atoms in total. The Hall–Kier alpha value is -2.80. The molecule has 0 amide bonds. The average molecular weight is 374 g/mol. The Balaban J connectivity index is 2.27. The minimum absolute atomic E-state index is 0.328. The van der Waals surface area contributed by atoms with Gasteiger partial charge < -0.3 is 9.88 Å². The summed E-state index contributed by atoms with van der Waals surface area (Å²) in [4.78, 5) is 29.4. The van der Waals surface area contributed by atoms with Crippen LogP contribution >= 0.6 is 11.6 Å². The summed E-state index contributed by atoms with van der Waals surface area (Å²) < 4.78 is 4.17. The van der Waals surface area contributed by atoms with Gasteiger partial charge in [0, 0.05) is 31.4 Å². The average Bonchev–Trinajstić information content (AvgIpc) is 2.94. The van der Waals surface area contributed by atoms with Crippen LogP contribution in [0.3, 0.4) is 0 Å². The Morgan fingerprint density at radius 2 is 2.00 bits per heavy atom. The fourth-order valence-corrected chi connectivity index (χ4v) is 2.86. The summed E-state index contributed by atoms with van der Waals surface area (Å²) in [5.74, 6) is 0.470. The van der Waals surface area contributed by atoms with E-state index in [0.717, 1.165) is 15.8 Å². The zero-order valence-corrected chi connectivity index (χ0v) is 15.8. The fourth-order valence-electron chi connectivity index (χ4n) is 2.79. The van der Waals surface area contributed by atoms with Crippen molar-refractivity contribution in [1.82, 2.24) is 18.7 Å². The van der Waals surface area contributed by atoms with Crippen LogP contribution in [0.5, 0.6) is 0 Å². The topological polar surface area (TPSA) is 73.8 Å². The maximum atomic E-state index is 12.7. The molecule has 0 bridgehead atoms. The molecule has 8 heteroatoms. The highest BCUT2D eigenvalue weighted by Crippen LogP contribution is 2.21. The first-order valence-electron chi connectivity index (χ1n) is 8.12. The number of benzene rings is 1. The Bertz CT molecular complexity index is 1130. The minimum atomic E-state index is -0.418. The maximum absolute atomic E-state index is 12.7. The van der Waals surface area contributed by atoms with Crippen molar-refractivity contribution in [3.63, 3.8) is 0 Å². The number of rotatable bonds is 4. The second-order valence-electron chi connectivity index (χ2n) is 6.21. The normalized spacial score (nSPS) is 12.0. The van der Waals surface area contributed by atoms with Gasteiger partial charge in [0.25, 0.3) is 5.56 Å². The van der Waals surface area contributed by atoms with Crippen molar-refractivity contribution >= 4 is 34.4 Å². The van der Waals surface area contributed by atoms with Gasteiger partial charge in [-0.1, -0.05) is 29.8 Å². The first kappa shape index (κ1) is 18.0. The van der Waals surface area contributed by atoms with Gasteiger partial charge >= 0.3 is 5.69 Å². The number of fused-ring (bicyclic) bond motifs is 1. The highest BCUT2D eigenvalue weighted by Gasteiger charge is 2.18. The van der Waals surface area contributed by atoms with Crippen LogP contribution in [0.25, 0.3) is 11.2 Å². The lowest BCUT2D eigenvalue weighted by atomic mass is 10.2. The first-order chi connectivity index (χ1) is 12.3. The van der Waals surface area contributed by atoms with Gasteiger partial charge in [0.2, 0.25) is 5.95 Å². The van der Waals surface area contributed by atoms with Crippen molar-refractivity contribution in [2.24, 2.45) is 14.1 Å². The van der Waals surface area contributed by atoms with Crippen LogP contribution in [-0.2, 0) is 20.6 Å². The number of nitrogens with zero attached hydrogens (tertiary/aromatic N) is 4. The molecule has 26 heavy (non-hydrogen) atoms. The van der Waals surface area contributed by atoms with Gasteiger partial charge in [0.1, 0.15) is 0 Å². The second kappa shape index (κ2) is 6.84. The van der Waals surface area contributed by atoms with Gasteiger partial charge in [-0.25, -0.2) is 4.79 Å². The van der Waals surface area contributed by atoms with E-state index in [2.05, 4.69) is 10.3 Å². The lowest BCUT2D eigenvalue weighted by Crippen LogP contribution is -2.37. The van der Waals surface area contributed by atoms with Crippen LogP contribution in [-0.4, -0.2) is 18.7 Å². The van der Waals surface area contributed by atoms with Crippen molar-refractivity contribution < 1.29 is 0 Å². The number of hydrogen-bond acceptors (Lipinski definition) is 4. The second-order valence-corrected chi connectivity index (χ2v) is 6.81. The molecular formula is C18H20ClN5O2. The number of aromatic nitrogens is 4. The van der Waals surface area contributed by atoms with Gasteiger partial charge in [-0.3, -0.25) is 13.9 Å². The fraction of sp³-hybridized carbons (Fsp3) is 0.278. The summed E-state index contributed by atoms with van der Waals surface area (Å²) in [5.41, 5.74) is 1.80. The Morgan fingerprint density at radius 3 is 2.65 bits per heavy atom. The standard InChI is InChI=1S/C18H20ClN5O2/c1-11-6-5-7-13(10-11)20-17-21-15-14(24(17)9-8-12(2)19)16(25)23(4)18(26)22(15)3/h5-8,10H,9H2,1-4H3,(H,20,21). The van der Waals surface area contributed by atoms with Gasteiger partial charge in [-0.05, 0) is 31.5 Å². The molecule has 0 radical (unpaired) electrons. The third-order valence-electron chi connectivity index (χ3n) is 4.18. The quantitative estimate of drug-likeness (QED) is 0.763. The van der Waals surface area contributed by atoms with E-state index >= 15 is 0 Å². The summed E-state index contributed by atoms with van der Waals surface area (Å²) in [6, 6.07) is 7.81. The van der Waals surface area contributed by atoms with Gasteiger partial charge in [0.15, 0.2) is 11.2 Å². The number of anilines is 2. The van der Waals surface area contributed by atoms with E-state index < -0.39 is 11.2 Å². The van der Waals surface area contributed by atoms with Crippen LogP contribution in [0.2, 0.25) is 0 Å². The summed E-state index contributed by atoms with van der Waals surface area (Å²) in [5, 5.41) is 3.84. The van der Waals surface area contributed by atoms with Gasteiger partial charge in [0.05, 0.1) is 0 Å². The predicted octanol–water partition coefficient (Wildman–Crippen LogP) is 2.63. The number of imidazole rings is 1. The lowest BCUT2D eigenvalue weighted by molar-refractivity contribution is 0.703. The third kappa shape index (κ3) is 3.17. The van der Waals surface area contributed by atoms with Crippen LogP contribution in [0.1, 0.15) is 12.5 Å². The van der Waals surface area contributed by atoms with E-state index in [1.54, 1.807) is 24.6 Å². The minimum Gasteiger partial charge on any atom is -0.326 e. The summed E-state index contributed by atoms with van der Waals surface area (Å²) in [6.07, 6.45) is 1.79. The molecular weight excluding hydrogens is 354 g/mol. The maximum Gasteiger partial charge on any atom is 0.332 e. The molecule has 1 aromatic carbocycles. The van der Waals surface area contributed by atoms with Crippen molar-refractivity contribution in [3.05, 3.63) is 61.8 Å². The van der Waals surface area contributed by atoms with E-state index in [1.807, 2.05) is 31.2 Å². The molecule has 0 saturated carbocycles. The molecule has 0 aliphatic heterocycles. The van der Waals surface area contributed by atoms with Crippen LogP contribution in [0.4, 0.5) is 11.6 Å². The Morgan fingerprint density at radius 1 is 1.27 bits per heavy atom. The molecule has 0 aliphatic carbocycles. The summed E-state index contributed by atoms with van der Waals surface area (Å²) >= 11 is 5.98. The van der Waals surface area contributed by atoms with E-state index in [1.165, 1.54) is 11.6 Å². The lowest BCUT2D eigenvalue weighted by Gasteiger charge is -2.09. The zero-order valence-electron chi connectivity index (χ0n) is 15.1. The SMILES string of the molecule is CC(Cl)=CCn1c(Nc2cccc(C)c2)nc2c1c(=O)n(C)c(=O)n2C. The van der Waals surface area contributed by atoms with E-state index in [9.17, 15) is 9.59 Å². The number of nitrogens with one attached hydrogen (secondary N) is 1. The molecule has 0 aliphatic rings. The molecule has 1 N–H and O–H groups in total. The molecule has 0 saturated heterocycles. The molecule has 0 spiro atoms. The van der Waals surface area contributed by atoms with Crippen molar-refractivity contribution in [2.45, 2.75) is 20.4 Å². The first-order valence-corrected chi connectivity index (χ1v) is 8.49. The van der Waals surface area contributed by atoms with Crippen LogP contribution < -0.4 is 16.6 Å². The predicted molar refractivity (Wildman–Crippen MR) is 104 cm³/mol. The Kier molecular flexibility index (Phi) is 4.73. The summed E-state index contributed by atoms with van der Waals surface area (Å²) in [7, 11) is 3.05. The molecule has 3 aromatic rings. The van der Waals surface area contributed by atoms with Gasteiger partial charge in [-0.15, -0.1) is 0 Å². The van der Waals surface area contributed by atoms with Crippen molar-refractivity contribution in [1.29, 1.82) is 0 Å². The van der Waals surface area contributed by atoms with E-state index in [0.29, 0.717) is 28.7 Å². The third-order valence-corrected chi connectivity index (χ3v) is 4.33. The highest BCUT2D eigenvalue weighted by molar-refractivity contribution is 6.29. The van der Waals surface area contributed by atoms with Gasteiger partial charge in [-0.2, -0.15) is 4.98 Å². The number of hydrogen-bond donors (Lipinski definition) is 1. The molecule has 0 unspecified atom stereocenters. The van der Waals surface area contributed by atoms with Crippen LogP contribution in [0, 0.1) is 6.92 Å². The number of halogens is 1. The van der Waals surface area contributed by atoms with E-state index in [4.69, 9.17) is 11.6 Å². The number of aryl methyl sites for hydroxylation is 2. The monoisotopic (exact) mass is 373 g/mol. The molecule has 3 rings (SSSR count). The zero-order chi connectivity index (χ0) is 19.0. The number of allylic oxidation sites excluding steroid dienone is 2. The molecule has 0 atom stereocenters. The molecule has 0 fully saturated rings. The molecule has 2 aromatic heterocycles. The molecule has 2 heterocycles. The van der Waals surface area contributed by atoms with Crippen molar-refractivity contribution in [3.8, 4) is 0 Å².